The van der Waals surface area contributed by atoms with Gasteiger partial charge in [0.2, 0.25) is 0 Å². The average Bonchev–Trinajstić information content (AvgIpc) is 3.14. The molecule has 214 valence electrons. The number of aromatic nitrogens is 2. The van der Waals surface area contributed by atoms with Crippen molar-refractivity contribution < 1.29 is 45.4 Å². The lowest BCUT2D eigenvalue weighted by Crippen LogP contribution is -2.41. The lowest BCUT2D eigenvalue weighted by atomic mass is 9.76. The zero-order chi connectivity index (χ0) is 28.6. The van der Waals surface area contributed by atoms with E-state index in [1.807, 2.05) is 6.92 Å². The topological polar surface area (TPSA) is 82.5 Å². The smallest absolute Gasteiger partial charge is 0.417 e. The number of ether oxygens (including phenoxy) is 2. The number of nitrogens with one attached hydrogen (secondary N) is 1. The molecule has 2 aliphatic rings. The van der Waals surface area contributed by atoms with Crippen LogP contribution >= 0.6 is 0 Å². The van der Waals surface area contributed by atoms with Gasteiger partial charge in [0.25, 0.3) is 5.91 Å². The second-order valence-corrected chi connectivity index (χ2v) is 10.2. The van der Waals surface area contributed by atoms with Gasteiger partial charge in [0.15, 0.2) is 0 Å². The van der Waals surface area contributed by atoms with E-state index < -0.39 is 35.0 Å². The molecule has 2 aromatic rings. The van der Waals surface area contributed by atoms with Gasteiger partial charge in [-0.25, -0.2) is 4.79 Å². The van der Waals surface area contributed by atoms with Crippen LogP contribution in [-0.4, -0.2) is 48.0 Å². The Balaban J connectivity index is 1.50. The third-order valence-corrected chi connectivity index (χ3v) is 7.26. The number of halogens is 6. The fourth-order valence-corrected chi connectivity index (χ4v) is 5.13. The van der Waals surface area contributed by atoms with Crippen molar-refractivity contribution in [3.8, 4) is 0 Å². The molecule has 1 fully saturated rings. The molecular formula is C26H29F6N3O4. The van der Waals surface area contributed by atoms with Gasteiger partial charge in [-0.2, -0.15) is 31.4 Å². The minimum atomic E-state index is -5.31. The molecule has 1 amide bonds. The number of benzene rings is 1. The summed E-state index contributed by atoms with van der Waals surface area (Å²) < 4.78 is 91.2. The number of fused-ring (bicyclic) bond motifs is 1. The van der Waals surface area contributed by atoms with Gasteiger partial charge in [-0.05, 0) is 49.3 Å². The summed E-state index contributed by atoms with van der Waals surface area (Å²) in [6, 6.07) is 1.05. The number of rotatable bonds is 6. The molecule has 0 bridgehead atoms. The molecule has 13 heteroatoms. The molecule has 1 N–H and O–H groups in total. The molecule has 3 heterocycles. The predicted octanol–water partition coefficient (Wildman–Crippen LogP) is 5.06. The second kappa shape index (κ2) is 10.8. The quantitative estimate of drug-likeness (QED) is 0.394. The molecule has 39 heavy (non-hydrogen) atoms. The lowest BCUT2D eigenvalue weighted by Gasteiger charge is -2.36. The summed E-state index contributed by atoms with van der Waals surface area (Å²) in [4.78, 5) is 25.4. The van der Waals surface area contributed by atoms with Gasteiger partial charge in [0.05, 0.1) is 40.2 Å². The third-order valence-electron chi connectivity index (χ3n) is 7.26. The first-order valence-electron chi connectivity index (χ1n) is 12.6. The van der Waals surface area contributed by atoms with Crippen LogP contribution in [0.25, 0.3) is 0 Å². The minimum Gasteiger partial charge on any atom is -0.462 e. The summed E-state index contributed by atoms with van der Waals surface area (Å²) in [6.45, 7) is 5.37. The van der Waals surface area contributed by atoms with E-state index in [0.29, 0.717) is 49.9 Å². The Kier molecular flexibility index (Phi) is 8.02. The van der Waals surface area contributed by atoms with E-state index in [0.717, 1.165) is 18.5 Å². The molecule has 0 radical (unpaired) electrons. The Bertz CT molecular complexity index is 1230. The third kappa shape index (κ3) is 6.23. The number of alkyl halides is 6. The van der Waals surface area contributed by atoms with Gasteiger partial charge < -0.3 is 14.8 Å². The number of aryl methyl sites for hydroxylation is 1. The van der Waals surface area contributed by atoms with Crippen molar-refractivity contribution in [3.63, 3.8) is 0 Å². The molecule has 0 aliphatic carbocycles. The highest BCUT2D eigenvalue weighted by molar-refractivity contribution is 5.97. The maximum Gasteiger partial charge on any atom is 0.417 e. The number of amides is 1. The number of carbonyl (C=O) groups excluding carboxylic acids is 2. The van der Waals surface area contributed by atoms with Crippen LogP contribution in [0.5, 0.6) is 0 Å². The van der Waals surface area contributed by atoms with Gasteiger partial charge in [0.1, 0.15) is 0 Å². The van der Waals surface area contributed by atoms with Crippen molar-refractivity contribution in [2.45, 2.75) is 58.4 Å². The summed E-state index contributed by atoms with van der Waals surface area (Å²) in [7, 11) is 0. The first kappa shape index (κ1) is 28.9. The molecule has 0 saturated carbocycles. The number of carbonyl (C=O) groups is 2. The summed E-state index contributed by atoms with van der Waals surface area (Å²) in [5.41, 5.74) is -2.69. The average molecular weight is 562 g/mol. The Morgan fingerprint density at radius 1 is 1.15 bits per heavy atom. The van der Waals surface area contributed by atoms with E-state index in [4.69, 9.17) is 9.47 Å². The molecule has 2 aliphatic heterocycles. The highest BCUT2D eigenvalue weighted by Gasteiger charge is 2.43. The second-order valence-electron chi connectivity index (χ2n) is 10.2. The van der Waals surface area contributed by atoms with Gasteiger partial charge in [0, 0.05) is 32.2 Å². The van der Waals surface area contributed by atoms with Gasteiger partial charge >= 0.3 is 18.3 Å². The maximum absolute atomic E-state index is 13.2. The Labute approximate surface area is 220 Å². The van der Waals surface area contributed by atoms with E-state index in [1.165, 1.54) is 0 Å². The summed E-state index contributed by atoms with van der Waals surface area (Å²) in [6.07, 6.45) is -7.86. The largest absolute Gasteiger partial charge is 0.462 e. The molecule has 1 atom stereocenters. The Morgan fingerprint density at radius 3 is 2.44 bits per heavy atom. The van der Waals surface area contributed by atoms with Crippen LogP contribution in [0.15, 0.2) is 18.2 Å². The van der Waals surface area contributed by atoms with Crippen molar-refractivity contribution in [1.29, 1.82) is 0 Å². The molecule has 4 rings (SSSR count). The maximum atomic E-state index is 13.2. The highest BCUT2D eigenvalue weighted by Crippen LogP contribution is 2.41. The lowest BCUT2D eigenvalue weighted by molar-refractivity contribution is -0.162. The van der Waals surface area contributed by atoms with Crippen molar-refractivity contribution in [3.05, 3.63) is 51.8 Å². The first-order valence-corrected chi connectivity index (χ1v) is 12.6. The molecule has 7 nitrogen and oxygen atoms in total. The zero-order valence-electron chi connectivity index (χ0n) is 21.5. The van der Waals surface area contributed by atoms with Gasteiger partial charge in [-0.3, -0.25) is 9.48 Å². The molecule has 1 aromatic carbocycles. The Hall–Kier alpha value is -3.09. The van der Waals surface area contributed by atoms with Crippen LogP contribution in [0.4, 0.5) is 26.3 Å². The normalized spacial score (nSPS) is 18.3. The van der Waals surface area contributed by atoms with Crippen molar-refractivity contribution in [2.24, 2.45) is 11.3 Å². The number of esters is 1. The van der Waals surface area contributed by atoms with Crippen LogP contribution in [0, 0.1) is 11.3 Å². The van der Waals surface area contributed by atoms with Gasteiger partial charge in [-0.1, -0.05) is 13.8 Å². The molecule has 1 saturated heterocycles. The predicted molar refractivity (Wildman–Crippen MR) is 126 cm³/mol. The zero-order valence-corrected chi connectivity index (χ0v) is 21.5. The fraction of sp³-hybridized carbons (Fsp3) is 0.577. The van der Waals surface area contributed by atoms with Crippen LogP contribution in [0.3, 0.4) is 0 Å². The van der Waals surface area contributed by atoms with E-state index in [2.05, 4.69) is 10.4 Å². The number of hydrogen-bond acceptors (Lipinski definition) is 5. The molecule has 1 spiro atoms. The fourth-order valence-electron chi connectivity index (χ4n) is 5.13. The number of nitrogens with zero attached hydrogens (tertiary/aromatic N) is 2. The van der Waals surface area contributed by atoms with E-state index >= 15 is 0 Å². The van der Waals surface area contributed by atoms with Crippen molar-refractivity contribution in [1.82, 2.24) is 15.1 Å². The SMILES string of the molecule is CCc1nn(C[C@@H](C)COC(=O)c2ccc(C(F)(F)F)c(C(F)(F)F)c2)c2c1C(=O)NCC1(CCOCC1)C2. The van der Waals surface area contributed by atoms with E-state index in [-0.39, 0.29) is 42.5 Å². The standard InChI is InChI=1S/C26H29F6N3O4/c1-3-19-21-20(11-24(14-33-22(21)36)6-8-38-9-7-24)35(34-19)12-15(2)13-39-23(37)16-4-5-17(25(27,28)29)18(10-16)26(30,31)32/h4-5,10,15H,3,6-9,11-14H2,1-2H3,(H,33,36)/t15-/m1/s1. The van der Waals surface area contributed by atoms with Crippen molar-refractivity contribution in [2.75, 3.05) is 26.4 Å². The highest BCUT2D eigenvalue weighted by atomic mass is 19.4. The number of hydrogen-bond donors (Lipinski definition) is 1. The summed E-state index contributed by atoms with van der Waals surface area (Å²) in [5.74, 6) is -1.73. The molecule has 1 aromatic heterocycles. The van der Waals surface area contributed by atoms with E-state index in [9.17, 15) is 35.9 Å². The summed E-state index contributed by atoms with van der Waals surface area (Å²) in [5, 5.41) is 7.65. The minimum absolute atomic E-state index is 0.155. The molecule has 0 unspecified atom stereocenters. The van der Waals surface area contributed by atoms with Crippen molar-refractivity contribution >= 4 is 11.9 Å². The van der Waals surface area contributed by atoms with Crippen LogP contribution in [0.2, 0.25) is 0 Å². The Morgan fingerprint density at radius 2 is 1.82 bits per heavy atom. The monoisotopic (exact) mass is 561 g/mol. The van der Waals surface area contributed by atoms with Gasteiger partial charge in [-0.15, -0.1) is 0 Å². The van der Waals surface area contributed by atoms with Crippen LogP contribution < -0.4 is 5.32 Å². The van der Waals surface area contributed by atoms with E-state index in [1.54, 1.807) is 11.6 Å². The first-order chi connectivity index (χ1) is 18.2. The van der Waals surface area contributed by atoms with Crippen LogP contribution in [0.1, 0.15) is 69.9 Å². The molecular weight excluding hydrogens is 532 g/mol. The van der Waals surface area contributed by atoms with Crippen LogP contribution in [-0.2, 0) is 41.2 Å². The summed E-state index contributed by atoms with van der Waals surface area (Å²) >= 11 is 0.